The molecule has 6 heteroatoms. The van der Waals surface area contributed by atoms with Crippen molar-refractivity contribution in [2.24, 2.45) is 5.73 Å². The molecule has 0 unspecified atom stereocenters. The van der Waals surface area contributed by atoms with Gasteiger partial charge in [-0.15, -0.1) is 10.2 Å². The summed E-state index contributed by atoms with van der Waals surface area (Å²) in [6.45, 7) is 6.18. The normalized spacial score (nSPS) is 12.9. The molecule has 0 aromatic carbocycles. The number of nitrogens with zero attached hydrogens (tertiary/aromatic N) is 2. The molecular weight excluding hydrogens is 212 g/mol. The van der Waals surface area contributed by atoms with Crippen molar-refractivity contribution < 1.29 is 4.79 Å². The lowest BCUT2D eigenvalue weighted by Gasteiger charge is -2.04. The minimum atomic E-state index is -0.484. The lowest BCUT2D eigenvalue weighted by atomic mass is 10.2. The molecule has 15 heavy (non-hydrogen) atoms. The molecule has 0 aliphatic heterocycles. The Kier molecular flexibility index (Phi) is 4.16. The van der Waals surface area contributed by atoms with Gasteiger partial charge in [0.05, 0.1) is 12.6 Å². The zero-order valence-corrected chi connectivity index (χ0v) is 9.97. The van der Waals surface area contributed by atoms with Crippen LogP contribution in [0.15, 0.2) is 0 Å². The fourth-order valence-electron chi connectivity index (χ4n) is 0.895. The maximum Gasteiger partial charge on any atom is 0.236 e. The van der Waals surface area contributed by atoms with Gasteiger partial charge in [0.15, 0.2) is 0 Å². The molecule has 84 valence electrons. The molecule has 0 spiro atoms. The molecule has 1 aromatic heterocycles. The molecule has 1 amide bonds. The summed E-state index contributed by atoms with van der Waals surface area (Å²) in [4.78, 5) is 11.2. The third-order valence-corrected chi connectivity index (χ3v) is 3.03. The van der Waals surface area contributed by atoms with Crippen LogP contribution >= 0.6 is 11.3 Å². The molecule has 0 saturated carbocycles. The maximum absolute atomic E-state index is 11.2. The van der Waals surface area contributed by atoms with E-state index in [0.29, 0.717) is 12.5 Å². The number of carbonyl (C=O) groups is 1. The lowest BCUT2D eigenvalue weighted by molar-refractivity contribution is -0.122. The smallest absolute Gasteiger partial charge is 0.236 e. The van der Waals surface area contributed by atoms with Gasteiger partial charge >= 0.3 is 0 Å². The molecule has 1 rings (SSSR count). The Balaban J connectivity index is 2.48. The van der Waals surface area contributed by atoms with Crippen molar-refractivity contribution >= 4 is 17.2 Å². The van der Waals surface area contributed by atoms with Crippen LogP contribution in [-0.2, 0) is 11.3 Å². The van der Waals surface area contributed by atoms with Gasteiger partial charge in [-0.1, -0.05) is 25.2 Å². The van der Waals surface area contributed by atoms with Crippen LogP contribution < -0.4 is 11.1 Å². The first kappa shape index (κ1) is 12.1. The second-order valence-electron chi connectivity index (χ2n) is 3.70. The van der Waals surface area contributed by atoms with Gasteiger partial charge in [-0.3, -0.25) is 4.79 Å². The third-order valence-electron chi connectivity index (χ3n) is 1.80. The Labute approximate surface area is 93.1 Å². The van der Waals surface area contributed by atoms with Crippen molar-refractivity contribution in [3.05, 3.63) is 10.0 Å². The van der Waals surface area contributed by atoms with Crippen LogP contribution in [0.3, 0.4) is 0 Å². The number of amides is 1. The van der Waals surface area contributed by atoms with Crippen LogP contribution in [0.5, 0.6) is 0 Å². The van der Waals surface area contributed by atoms with E-state index in [2.05, 4.69) is 29.4 Å². The van der Waals surface area contributed by atoms with E-state index in [1.165, 1.54) is 11.3 Å². The van der Waals surface area contributed by atoms with Gasteiger partial charge in [-0.05, 0) is 6.92 Å². The van der Waals surface area contributed by atoms with Crippen LogP contribution in [-0.4, -0.2) is 22.1 Å². The van der Waals surface area contributed by atoms with Crippen LogP contribution in [0.1, 0.15) is 36.7 Å². The largest absolute Gasteiger partial charge is 0.348 e. The summed E-state index contributed by atoms with van der Waals surface area (Å²) in [6, 6.07) is -0.484. The van der Waals surface area contributed by atoms with E-state index in [1.807, 2.05) is 0 Å². The van der Waals surface area contributed by atoms with Crippen molar-refractivity contribution in [3.8, 4) is 0 Å². The van der Waals surface area contributed by atoms with Gasteiger partial charge in [0.25, 0.3) is 0 Å². The fourth-order valence-corrected chi connectivity index (χ4v) is 1.68. The van der Waals surface area contributed by atoms with Crippen molar-refractivity contribution in [2.45, 2.75) is 39.3 Å². The van der Waals surface area contributed by atoms with E-state index < -0.39 is 6.04 Å². The first-order valence-corrected chi connectivity index (χ1v) is 5.68. The topological polar surface area (TPSA) is 80.9 Å². The molecule has 0 fully saturated rings. The SMILES string of the molecule is CC(C)c1nnc(CNC(=O)[C@H](C)N)s1. The summed E-state index contributed by atoms with van der Waals surface area (Å²) < 4.78 is 0. The summed E-state index contributed by atoms with van der Waals surface area (Å²) >= 11 is 1.52. The van der Waals surface area contributed by atoms with E-state index in [1.54, 1.807) is 6.92 Å². The highest BCUT2D eigenvalue weighted by atomic mass is 32.1. The Morgan fingerprint density at radius 2 is 2.13 bits per heavy atom. The molecule has 1 atom stereocenters. The van der Waals surface area contributed by atoms with Gasteiger partial charge in [0.1, 0.15) is 10.0 Å². The Hall–Kier alpha value is -1.01. The zero-order chi connectivity index (χ0) is 11.4. The average molecular weight is 228 g/mol. The molecule has 5 nitrogen and oxygen atoms in total. The monoisotopic (exact) mass is 228 g/mol. The number of rotatable bonds is 4. The molecule has 1 aromatic rings. The van der Waals surface area contributed by atoms with Crippen LogP contribution in [0.25, 0.3) is 0 Å². The van der Waals surface area contributed by atoms with E-state index in [9.17, 15) is 4.79 Å². The second kappa shape index (κ2) is 5.18. The van der Waals surface area contributed by atoms with E-state index in [0.717, 1.165) is 10.0 Å². The zero-order valence-electron chi connectivity index (χ0n) is 9.15. The van der Waals surface area contributed by atoms with Crippen LogP contribution in [0.2, 0.25) is 0 Å². The van der Waals surface area contributed by atoms with Gasteiger partial charge in [-0.25, -0.2) is 0 Å². The first-order chi connectivity index (χ1) is 7.00. The number of nitrogens with one attached hydrogen (secondary N) is 1. The average Bonchev–Trinajstić information content (AvgIpc) is 2.62. The summed E-state index contributed by atoms with van der Waals surface area (Å²) in [6.07, 6.45) is 0. The minimum absolute atomic E-state index is 0.170. The van der Waals surface area contributed by atoms with Crippen molar-refractivity contribution in [1.29, 1.82) is 0 Å². The van der Waals surface area contributed by atoms with Gasteiger partial charge in [0.2, 0.25) is 5.91 Å². The number of hydrogen-bond donors (Lipinski definition) is 2. The second-order valence-corrected chi connectivity index (χ2v) is 4.79. The Morgan fingerprint density at radius 3 is 2.60 bits per heavy atom. The van der Waals surface area contributed by atoms with Crippen LogP contribution in [0.4, 0.5) is 0 Å². The van der Waals surface area contributed by atoms with Crippen molar-refractivity contribution in [2.75, 3.05) is 0 Å². The Morgan fingerprint density at radius 1 is 1.47 bits per heavy atom. The highest BCUT2D eigenvalue weighted by Crippen LogP contribution is 2.18. The predicted molar refractivity (Wildman–Crippen MR) is 59.5 cm³/mol. The van der Waals surface area contributed by atoms with Crippen molar-refractivity contribution in [1.82, 2.24) is 15.5 Å². The van der Waals surface area contributed by atoms with Crippen molar-refractivity contribution in [3.63, 3.8) is 0 Å². The number of aromatic nitrogens is 2. The van der Waals surface area contributed by atoms with E-state index in [-0.39, 0.29) is 5.91 Å². The number of carbonyl (C=O) groups excluding carboxylic acids is 1. The van der Waals surface area contributed by atoms with E-state index in [4.69, 9.17) is 5.73 Å². The summed E-state index contributed by atoms with van der Waals surface area (Å²) in [5, 5.41) is 12.5. The van der Waals surface area contributed by atoms with Crippen LogP contribution in [0, 0.1) is 0 Å². The molecule has 1 heterocycles. The van der Waals surface area contributed by atoms with Gasteiger partial charge in [-0.2, -0.15) is 0 Å². The summed E-state index contributed by atoms with van der Waals surface area (Å²) in [5.41, 5.74) is 5.41. The minimum Gasteiger partial charge on any atom is -0.348 e. The third kappa shape index (κ3) is 3.56. The number of hydrogen-bond acceptors (Lipinski definition) is 5. The van der Waals surface area contributed by atoms with Gasteiger partial charge < -0.3 is 11.1 Å². The highest BCUT2D eigenvalue weighted by molar-refractivity contribution is 7.11. The first-order valence-electron chi connectivity index (χ1n) is 4.86. The highest BCUT2D eigenvalue weighted by Gasteiger charge is 2.10. The predicted octanol–water partition coefficient (Wildman–Crippen LogP) is 0.625. The maximum atomic E-state index is 11.2. The standard InChI is InChI=1S/C9H16N4OS/c1-5(2)9-13-12-7(15-9)4-11-8(14)6(3)10/h5-6H,4,10H2,1-3H3,(H,11,14)/t6-/m0/s1. The molecule has 0 aliphatic rings. The lowest BCUT2D eigenvalue weighted by Crippen LogP contribution is -2.37. The summed E-state index contributed by atoms with van der Waals surface area (Å²) in [5.74, 6) is 0.205. The fraction of sp³-hybridized carbons (Fsp3) is 0.667. The summed E-state index contributed by atoms with van der Waals surface area (Å²) in [7, 11) is 0. The quantitative estimate of drug-likeness (QED) is 0.791. The molecule has 3 N–H and O–H groups in total. The Bertz CT molecular complexity index is 335. The molecule has 0 bridgehead atoms. The molecular formula is C9H16N4OS. The van der Waals surface area contributed by atoms with Gasteiger partial charge in [0, 0.05) is 5.92 Å². The molecule has 0 saturated heterocycles. The number of nitrogens with two attached hydrogens (primary N) is 1. The molecule has 0 radical (unpaired) electrons. The molecule has 0 aliphatic carbocycles. The van der Waals surface area contributed by atoms with E-state index >= 15 is 0 Å².